The fourth-order valence-electron chi connectivity index (χ4n) is 2.59. The summed E-state index contributed by atoms with van der Waals surface area (Å²) in [5.41, 5.74) is 2.15. The Morgan fingerprint density at radius 1 is 1.42 bits per heavy atom. The van der Waals surface area contributed by atoms with Gasteiger partial charge in [-0.3, -0.25) is 0 Å². The van der Waals surface area contributed by atoms with Crippen molar-refractivity contribution >= 4 is 22.8 Å². The number of ether oxygens (including phenoxy) is 1. The van der Waals surface area contributed by atoms with Crippen LogP contribution in [0.2, 0.25) is 0 Å². The van der Waals surface area contributed by atoms with E-state index < -0.39 is 0 Å². The molecular weight excluding hydrogens is 262 g/mol. The van der Waals surface area contributed by atoms with Crippen LogP contribution in [0.25, 0.3) is 11.2 Å². The molecule has 0 radical (unpaired) electrons. The minimum Gasteiger partial charge on any atom is -0.481 e. The van der Waals surface area contributed by atoms with Gasteiger partial charge in [0.15, 0.2) is 5.65 Å². The molecule has 0 bridgehead atoms. The molecule has 1 atom stereocenters. The minimum absolute atomic E-state index is 0.319. The summed E-state index contributed by atoms with van der Waals surface area (Å²) in [6.07, 6.45) is 1.93. The summed E-state index contributed by atoms with van der Waals surface area (Å²) in [4.78, 5) is 9.22. The van der Waals surface area contributed by atoms with Gasteiger partial charge in [-0.15, -0.1) is 11.6 Å². The monoisotopic (exact) mass is 279 g/mol. The van der Waals surface area contributed by atoms with Crippen LogP contribution in [0.4, 0.5) is 0 Å². The molecule has 0 aromatic carbocycles. The van der Waals surface area contributed by atoms with Crippen molar-refractivity contribution in [2.75, 3.05) is 13.0 Å². The molecule has 0 amide bonds. The third kappa shape index (κ3) is 2.08. The first kappa shape index (κ1) is 12.7. The van der Waals surface area contributed by atoms with Gasteiger partial charge < -0.3 is 9.30 Å². The Balaban J connectivity index is 2.16. The van der Waals surface area contributed by atoms with Crippen LogP contribution < -0.4 is 4.74 Å². The fourth-order valence-corrected chi connectivity index (χ4v) is 2.75. The molecular formula is C14H18ClN3O. The van der Waals surface area contributed by atoms with Crippen LogP contribution in [0.3, 0.4) is 0 Å². The quantitative estimate of drug-likeness (QED) is 0.807. The van der Waals surface area contributed by atoms with Crippen molar-refractivity contribution in [2.45, 2.75) is 32.7 Å². The first-order valence-electron chi connectivity index (χ1n) is 6.54. The number of pyridine rings is 1. The van der Waals surface area contributed by atoms with Crippen molar-refractivity contribution in [1.82, 2.24) is 14.5 Å². The molecule has 3 rings (SSSR count). The lowest BCUT2D eigenvalue weighted by molar-refractivity contribution is 0.398. The Morgan fingerprint density at radius 3 is 2.74 bits per heavy atom. The molecule has 1 saturated carbocycles. The van der Waals surface area contributed by atoms with Crippen LogP contribution in [0.5, 0.6) is 5.88 Å². The second-order valence-electron chi connectivity index (χ2n) is 5.74. The number of imidazole rings is 1. The molecule has 2 heterocycles. The summed E-state index contributed by atoms with van der Waals surface area (Å²) in [6, 6.07) is 4.28. The molecule has 0 N–H and O–H groups in total. The number of rotatable bonds is 4. The van der Waals surface area contributed by atoms with Gasteiger partial charge in [-0.1, -0.05) is 13.8 Å². The molecule has 5 heteroatoms. The number of methoxy groups -OCH3 is 1. The summed E-state index contributed by atoms with van der Waals surface area (Å²) in [7, 11) is 1.63. The van der Waals surface area contributed by atoms with Gasteiger partial charge in [0.05, 0.1) is 7.11 Å². The molecule has 2 aromatic heterocycles. The summed E-state index contributed by atoms with van der Waals surface area (Å²) >= 11 is 5.89. The highest BCUT2D eigenvalue weighted by molar-refractivity contribution is 6.17. The maximum absolute atomic E-state index is 5.89. The highest BCUT2D eigenvalue weighted by atomic mass is 35.5. The van der Waals surface area contributed by atoms with Gasteiger partial charge in [-0.2, -0.15) is 4.98 Å². The summed E-state index contributed by atoms with van der Waals surface area (Å²) in [5, 5.41) is 0. The molecule has 0 spiro atoms. The third-order valence-electron chi connectivity index (χ3n) is 3.89. The van der Waals surface area contributed by atoms with Crippen molar-refractivity contribution in [3.05, 3.63) is 18.0 Å². The van der Waals surface area contributed by atoms with Crippen molar-refractivity contribution < 1.29 is 4.74 Å². The van der Waals surface area contributed by atoms with E-state index in [9.17, 15) is 0 Å². The van der Waals surface area contributed by atoms with Gasteiger partial charge >= 0.3 is 0 Å². The average molecular weight is 280 g/mol. The molecule has 102 valence electrons. The van der Waals surface area contributed by atoms with Crippen LogP contribution >= 0.6 is 11.6 Å². The molecule has 1 unspecified atom stereocenters. The SMILES string of the molecule is COc1ccc2nc(CCCl)n(C3CC3(C)C)c2n1. The highest BCUT2D eigenvalue weighted by Gasteiger charge is 2.48. The molecule has 1 aliphatic carbocycles. The van der Waals surface area contributed by atoms with Gasteiger partial charge in [-0.05, 0) is 17.9 Å². The van der Waals surface area contributed by atoms with Crippen LogP contribution in [0.1, 0.15) is 32.1 Å². The highest BCUT2D eigenvalue weighted by Crippen LogP contribution is 2.56. The standard InChI is InChI=1S/C14H18ClN3O/c1-14(2)8-10(14)18-11(6-7-15)16-9-4-5-12(19-3)17-13(9)18/h4-5,10H,6-8H2,1-3H3. The van der Waals surface area contributed by atoms with E-state index in [1.54, 1.807) is 7.11 Å². The first-order chi connectivity index (χ1) is 9.06. The van der Waals surface area contributed by atoms with Gasteiger partial charge in [-0.25, -0.2) is 4.98 Å². The smallest absolute Gasteiger partial charge is 0.215 e. The number of hydrogen-bond acceptors (Lipinski definition) is 3. The number of hydrogen-bond donors (Lipinski definition) is 0. The molecule has 0 aliphatic heterocycles. The third-order valence-corrected chi connectivity index (χ3v) is 4.07. The van der Waals surface area contributed by atoms with E-state index in [1.807, 2.05) is 12.1 Å². The minimum atomic E-state index is 0.319. The van der Waals surface area contributed by atoms with E-state index in [4.69, 9.17) is 16.3 Å². The number of aryl methyl sites for hydroxylation is 1. The number of fused-ring (bicyclic) bond motifs is 1. The zero-order valence-electron chi connectivity index (χ0n) is 11.5. The predicted molar refractivity (Wildman–Crippen MR) is 75.9 cm³/mol. The Kier molecular flexibility index (Phi) is 2.93. The van der Waals surface area contributed by atoms with Gasteiger partial charge in [0.25, 0.3) is 0 Å². The predicted octanol–water partition coefficient (Wildman–Crippen LogP) is 3.19. The lowest BCUT2D eigenvalue weighted by Crippen LogP contribution is -2.07. The second kappa shape index (κ2) is 4.37. The second-order valence-corrected chi connectivity index (χ2v) is 6.12. The molecule has 1 fully saturated rings. The van der Waals surface area contributed by atoms with E-state index in [0.29, 0.717) is 23.2 Å². The zero-order valence-corrected chi connectivity index (χ0v) is 12.2. The first-order valence-corrected chi connectivity index (χ1v) is 7.08. The number of aromatic nitrogens is 3. The lowest BCUT2D eigenvalue weighted by atomic mass is 10.2. The Labute approximate surface area is 117 Å². The summed E-state index contributed by atoms with van der Waals surface area (Å²) in [5.74, 6) is 2.24. The normalized spacial score (nSPS) is 20.7. The number of nitrogens with zero attached hydrogens (tertiary/aromatic N) is 3. The maximum atomic E-state index is 5.89. The van der Waals surface area contributed by atoms with Gasteiger partial charge in [0.1, 0.15) is 11.3 Å². The Hall–Kier alpha value is -1.29. The van der Waals surface area contributed by atoms with Crippen molar-refractivity contribution in [3.63, 3.8) is 0 Å². The van der Waals surface area contributed by atoms with Crippen molar-refractivity contribution in [1.29, 1.82) is 0 Å². The van der Waals surface area contributed by atoms with Crippen LogP contribution in [-0.4, -0.2) is 27.5 Å². The summed E-state index contributed by atoms with van der Waals surface area (Å²) < 4.78 is 7.47. The van der Waals surface area contributed by atoms with E-state index in [1.165, 1.54) is 0 Å². The zero-order chi connectivity index (χ0) is 13.6. The number of halogens is 1. The van der Waals surface area contributed by atoms with Gasteiger partial charge in [0, 0.05) is 24.4 Å². The molecule has 0 saturated heterocycles. The average Bonchev–Trinajstić information content (AvgIpc) is 2.85. The van der Waals surface area contributed by atoms with E-state index in [2.05, 4.69) is 28.4 Å². The molecule has 4 nitrogen and oxygen atoms in total. The van der Waals surface area contributed by atoms with E-state index >= 15 is 0 Å². The molecule has 2 aromatic rings. The van der Waals surface area contributed by atoms with Crippen molar-refractivity contribution in [2.24, 2.45) is 5.41 Å². The lowest BCUT2D eigenvalue weighted by Gasteiger charge is -2.10. The van der Waals surface area contributed by atoms with E-state index in [-0.39, 0.29) is 0 Å². The van der Waals surface area contributed by atoms with Crippen LogP contribution in [-0.2, 0) is 6.42 Å². The van der Waals surface area contributed by atoms with E-state index in [0.717, 1.165) is 29.8 Å². The Morgan fingerprint density at radius 2 is 2.16 bits per heavy atom. The van der Waals surface area contributed by atoms with Crippen LogP contribution in [0.15, 0.2) is 12.1 Å². The number of alkyl halides is 1. The van der Waals surface area contributed by atoms with Crippen molar-refractivity contribution in [3.8, 4) is 5.88 Å². The van der Waals surface area contributed by atoms with Gasteiger partial charge in [0.2, 0.25) is 5.88 Å². The summed E-state index contributed by atoms with van der Waals surface area (Å²) in [6.45, 7) is 4.54. The maximum Gasteiger partial charge on any atom is 0.215 e. The topological polar surface area (TPSA) is 39.9 Å². The largest absolute Gasteiger partial charge is 0.481 e. The molecule has 19 heavy (non-hydrogen) atoms. The molecule has 1 aliphatic rings. The Bertz CT molecular complexity index is 620. The van der Waals surface area contributed by atoms with Crippen LogP contribution in [0, 0.1) is 5.41 Å². The fraction of sp³-hybridized carbons (Fsp3) is 0.571.